The Bertz CT molecular complexity index is 1070. The third-order valence-electron chi connectivity index (χ3n) is 5.29. The molecule has 0 saturated carbocycles. The number of pyridine rings is 1. The first-order valence-corrected chi connectivity index (χ1v) is 10.2. The Morgan fingerprint density at radius 2 is 1.97 bits per heavy atom. The number of benzene rings is 1. The van der Waals surface area contributed by atoms with Gasteiger partial charge in [-0.3, -0.25) is 0 Å². The van der Waals surface area contributed by atoms with Gasteiger partial charge in [-0.1, -0.05) is 18.2 Å². The molecule has 4 rings (SSSR count). The van der Waals surface area contributed by atoms with Crippen LogP contribution >= 0.6 is 0 Å². The maximum absolute atomic E-state index is 14.5. The molecule has 2 aromatic heterocycles. The summed E-state index contributed by atoms with van der Waals surface area (Å²) in [5.74, 6) is 0.527. The molecule has 0 aliphatic carbocycles. The average Bonchev–Trinajstić information content (AvgIpc) is 3.11. The highest BCUT2D eigenvalue weighted by Gasteiger charge is 2.31. The molecule has 158 valence electrons. The van der Waals surface area contributed by atoms with Crippen LogP contribution in [-0.2, 0) is 4.74 Å². The molecule has 0 radical (unpaired) electrons. The molecule has 1 atom stereocenters. The lowest BCUT2D eigenvalue weighted by Crippen LogP contribution is -2.54. The van der Waals surface area contributed by atoms with Gasteiger partial charge in [0.2, 0.25) is 0 Å². The van der Waals surface area contributed by atoms with Crippen LogP contribution in [-0.4, -0.2) is 52.2 Å². The molecule has 0 spiro atoms. The summed E-state index contributed by atoms with van der Waals surface area (Å²) in [5.41, 5.74) is 1.70. The van der Waals surface area contributed by atoms with E-state index >= 15 is 0 Å². The third-order valence-corrected chi connectivity index (χ3v) is 5.29. The average molecular weight is 410 g/mol. The van der Waals surface area contributed by atoms with Crippen molar-refractivity contribution in [3.63, 3.8) is 0 Å². The number of piperazine rings is 1. The zero-order valence-electron chi connectivity index (χ0n) is 17.8. The molecule has 30 heavy (non-hydrogen) atoms. The molecule has 1 aliphatic heterocycles. The summed E-state index contributed by atoms with van der Waals surface area (Å²) in [5, 5.41) is 0.889. The quantitative estimate of drug-likeness (QED) is 0.658. The number of halogens is 1. The highest BCUT2D eigenvalue weighted by Crippen LogP contribution is 2.36. The predicted molar refractivity (Wildman–Crippen MR) is 116 cm³/mol. The number of hydrogen-bond acceptors (Lipinski definition) is 4. The third kappa shape index (κ3) is 3.84. The van der Waals surface area contributed by atoms with Gasteiger partial charge in [-0.05, 0) is 39.8 Å². The van der Waals surface area contributed by atoms with E-state index in [1.165, 1.54) is 6.07 Å². The van der Waals surface area contributed by atoms with Crippen molar-refractivity contribution in [1.82, 2.24) is 14.9 Å². The first kappa shape index (κ1) is 20.2. The van der Waals surface area contributed by atoms with E-state index in [-0.39, 0.29) is 18.0 Å². The number of nitrogens with zero attached hydrogens (tertiary/aromatic N) is 3. The number of carbonyl (C=O) groups is 1. The SMILES string of the molecule is CC1CN(C(=O)OC(C)(C)C)CCN1c1nccc2[nH]cc(-c3ccccc3F)c12. The number of carbonyl (C=O) groups excluding carboxylic acids is 1. The minimum atomic E-state index is -0.523. The molecule has 1 aliphatic rings. The van der Waals surface area contributed by atoms with Crippen LogP contribution < -0.4 is 4.90 Å². The first-order chi connectivity index (χ1) is 14.2. The molecule has 0 bridgehead atoms. The number of anilines is 1. The Balaban J connectivity index is 1.65. The van der Waals surface area contributed by atoms with Gasteiger partial charge < -0.3 is 19.5 Å². The second-order valence-corrected chi connectivity index (χ2v) is 8.71. The van der Waals surface area contributed by atoms with Crippen molar-refractivity contribution in [3.8, 4) is 11.1 Å². The van der Waals surface area contributed by atoms with Crippen molar-refractivity contribution >= 4 is 22.8 Å². The standard InChI is InChI=1S/C23H27FN4O2/c1-15-14-27(22(29)30-23(2,3)4)11-12-28(15)21-20-17(13-26-19(20)9-10-25-21)16-7-5-6-8-18(16)24/h5-10,13,15,26H,11-12,14H2,1-4H3. The van der Waals surface area contributed by atoms with Crippen LogP contribution in [0.3, 0.4) is 0 Å². The number of nitrogens with one attached hydrogen (secondary N) is 1. The second-order valence-electron chi connectivity index (χ2n) is 8.71. The van der Waals surface area contributed by atoms with Crippen LogP contribution in [0.2, 0.25) is 0 Å². The van der Waals surface area contributed by atoms with E-state index in [0.717, 1.165) is 22.3 Å². The van der Waals surface area contributed by atoms with Gasteiger partial charge >= 0.3 is 6.09 Å². The molecule has 1 amide bonds. The summed E-state index contributed by atoms with van der Waals surface area (Å²) >= 11 is 0. The van der Waals surface area contributed by atoms with Gasteiger partial charge in [-0.2, -0.15) is 0 Å². The molecular weight excluding hydrogens is 383 g/mol. The molecule has 1 fully saturated rings. The summed E-state index contributed by atoms with van der Waals surface area (Å²) in [7, 11) is 0. The number of H-pyrrole nitrogens is 1. The van der Waals surface area contributed by atoms with E-state index in [0.29, 0.717) is 25.2 Å². The van der Waals surface area contributed by atoms with Crippen LogP contribution in [0.25, 0.3) is 22.0 Å². The predicted octanol–water partition coefficient (Wildman–Crippen LogP) is 4.81. The summed E-state index contributed by atoms with van der Waals surface area (Å²) in [6.07, 6.45) is 3.29. The van der Waals surface area contributed by atoms with Crippen molar-refractivity contribution in [1.29, 1.82) is 0 Å². The van der Waals surface area contributed by atoms with Gasteiger partial charge in [0.25, 0.3) is 0 Å². The summed E-state index contributed by atoms with van der Waals surface area (Å²) in [6.45, 7) is 9.35. The first-order valence-electron chi connectivity index (χ1n) is 10.2. The summed E-state index contributed by atoms with van der Waals surface area (Å²) in [6, 6.07) is 8.68. The van der Waals surface area contributed by atoms with E-state index < -0.39 is 5.60 Å². The molecule has 3 heterocycles. The van der Waals surface area contributed by atoms with E-state index in [1.54, 1.807) is 23.2 Å². The maximum atomic E-state index is 14.5. The van der Waals surface area contributed by atoms with Crippen molar-refractivity contribution in [2.45, 2.75) is 39.3 Å². The zero-order chi connectivity index (χ0) is 21.5. The Morgan fingerprint density at radius 3 is 2.67 bits per heavy atom. The number of ether oxygens (including phenoxy) is 1. The molecule has 3 aromatic rings. The number of aromatic nitrogens is 2. The normalized spacial score (nSPS) is 17.4. The second kappa shape index (κ2) is 7.63. The highest BCUT2D eigenvalue weighted by molar-refractivity contribution is 6.03. The molecule has 1 unspecified atom stereocenters. The van der Waals surface area contributed by atoms with Gasteiger partial charge in [-0.25, -0.2) is 14.2 Å². The number of rotatable bonds is 2. The number of fused-ring (bicyclic) bond motifs is 1. The van der Waals surface area contributed by atoms with Crippen molar-refractivity contribution in [2.24, 2.45) is 0 Å². The monoisotopic (exact) mass is 410 g/mol. The lowest BCUT2D eigenvalue weighted by molar-refractivity contribution is 0.0218. The van der Waals surface area contributed by atoms with Gasteiger partial charge in [-0.15, -0.1) is 0 Å². The van der Waals surface area contributed by atoms with Crippen molar-refractivity contribution in [3.05, 3.63) is 48.5 Å². The summed E-state index contributed by atoms with van der Waals surface area (Å²) in [4.78, 5) is 24.3. The van der Waals surface area contributed by atoms with Crippen LogP contribution in [0.5, 0.6) is 0 Å². The van der Waals surface area contributed by atoms with Crippen LogP contribution in [0, 0.1) is 5.82 Å². The Hall–Kier alpha value is -3.09. The largest absolute Gasteiger partial charge is 0.444 e. The van der Waals surface area contributed by atoms with E-state index in [2.05, 4.69) is 21.8 Å². The van der Waals surface area contributed by atoms with Gasteiger partial charge in [0, 0.05) is 49.2 Å². The fourth-order valence-electron chi connectivity index (χ4n) is 3.93. The van der Waals surface area contributed by atoms with Crippen molar-refractivity contribution in [2.75, 3.05) is 24.5 Å². The fourth-order valence-corrected chi connectivity index (χ4v) is 3.93. The van der Waals surface area contributed by atoms with Crippen molar-refractivity contribution < 1.29 is 13.9 Å². The lowest BCUT2D eigenvalue weighted by Gasteiger charge is -2.41. The molecule has 1 N–H and O–H groups in total. The van der Waals surface area contributed by atoms with Crippen LogP contribution in [0.15, 0.2) is 42.7 Å². The maximum Gasteiger partial charge on any atom is 0.410 e. The molecule has 1 aromatic carbocycles. The number of amides is 1. The van der Waals surface area contributed by atoms with E-state index in [1.807, 2.05) is 39.1 Å². The fraction of sp³-hybridized carbons (Fsp3) is 0.391. The summed E-state index contributed by atoms with van der Waals surface area (Å²) < 4.78 is 20.0. The van der Waals surface area contributed by atoms with Gasteiger partial charge in [0.05, 0.1) is 10.9 Å². The number of aromatic amines is 1. The Kier molecular flexibility index (Phi) is 5.13. The van der Waals surface area contributed by atoms with Crippen LogP contribution in [0.4, 0.5) is 15.0 Å². The van der Waals surface area contributed by atoms with Crippen LogP contribution in [0.1, 0.15) is 27.7 Å². The Labute approximate surface area is 175 Å². The van der Waals surface area contributed by atoms with Gasteiger partial charge in [0.1, 0.15) is 17.2 Å². The smallest absolute Gasteiger partial charge is 0.410 e. The minimum absolute atomic E-state index is 0.0349. The van der Waals surface area contributed by atoms with E-state index in [9.17, 15) is 9.18 Å². The van der Waals surface area contributed by atoms with E-state index in [4.69, 9.17) is 4.74 Å². The van der Waals surface area contributed by atoms with Gasteiger partial charge in [0.15, 0.2) is 0 Å². The highest BCUT2D eigenvalue weighted by atomic mass is 19.1. The Morgan fingerprint density at radius 1 is 1.20 bits per heavy atom. The molecule has 6 nitrogen and oxygen atoms in total. The molecule has 1 saturated heterocycles. The molecule has 7 heteroatoms. The number of hydrogen-bond donors (Lipinski definition) is 1. The lowest BCUT2D eigenvalue weighted by atomic mass is 10.0. The molecular formula is C23H27FN4O2. The minimum Gasteiger partial charge on any atom is -0.444 e. The topological polar surface area (TPSA) is 61.5 Å². The zero-order valence-corrected chi connectivity index (χ0v) is 17.8.